The molecular formula is C17H26N2O. The van der Waals surface area contributed by atoms with Crippen molar-refractivity contribution in [1.82, 2.24) is 4.90 Å². The van der Waals surface area contributed by atoms with E-state index in [2.05, 4.69) is 29.2 Å². The number of hydrogen-bond donors (Lipinski definition) is 1. The Morgan fingerprint density at radius 2 is 2.10 bits per heavy atom. The average molecular weight is 274 g/mol. The molecule has 1 aromatic rings. The highest BCUT2D eigenvalue weighted by molar-refractivity contribution is 5.83. The minimum absolute atomic E-state index is 0.237. The summed E-state index contributed by atoms with van der Waals surface area (Å²) >= 11 is 0. The van der Waals surface area contributed by atoms with E-state index in [1.807, 2.05) is 19.9 Å². The summed E-state index contributed by atoms with van der Waals surface area (Å²) in [6.07, 6.45) is 3.96. The lowest BCUT2D eigenvalue weighted by Crippen LogP contribution is -2.48. The summed E-state index contributed by atoms with van der Waals surface area (Å²) < 4.78 is 0. The van der Waals surface area contributed by atoms with E-state index in [0.717, 1.165) is 32.2 Å². The number of carbonyl (C=O) groups excluding carboxylic acids is 1. The molecule has 0 radical (unpaired) electrons. The maximum atomic E-state index is 12.8. The summed E-state index contributed by atoms with van der Waals surface area (Å²) in [5, 5.41) is 0. The Morgan fingerprint density at radius 3 is 2.70 bits per heavy atom. The Balaban J connectivity index is 2.09. The topological polar surface area (TPSA) is 46.3 Å². The van der Waals surface area contributed by atoms with Crippen LogP contribution in [0.2, 0.25) is 0 Å². The average Bonchev–Trinajstić information content (AvgIpc) is 2.94. The highest BCUT2D eigenvalue weighted by atomic mass is 16.2. The summed E-state index contributed by atoms with van der Waals surface area (Å²) in [6, 6.07) is 10.8. The third-order valence-electron chi connectivity index (χ3n) is 4.70. The summed E-state index contributed by atoms with van der Waals surface area (Å²) in [4.78, 5) is 14.8. The van der Waals surface area contributed by atoms with Gasteiger partial charge in [-0.2, -0.15) is 0 Å². The second-order valence-corrected chi connectivity index (χ2v) is 6.10. The molecule has 110 valence electrons. The first kappa shape index (κ1) is 15.0. The lowest BCUT2D eigenvalue weighted by Gasteiger charge is -2.34. The molecule has 0 aliphatic carbocycles. The second-order valence-electron chi connectivity index (χ2n) is 6.10. The maximum Gasteiger partial charge on any atom is 0.230 e. The first-order chi connectivity index (χ1) is 9.60. The summed E-state index contributed by atoms with van der Waals surface area (Å²) in [5.74, 6) is 0.237. The molecule has 0 aromatic heterocycles. The van der Waals surface area contributed by atoms with E-state index in [4.69, 9.17) is 5.73 Å². The Kier molecular flexibility index (Phi) is 4.81. The van der Waals surface area contributed by atoms with Gasteiger partial charge in [0, 0.05) is 19.1 Å². The molecule has 0 spiro atoms. The molecule has 2 atom stereocenters. The molecule has 3 nitrogen and oxygen atoms in total. The molecule has 1 saturated heterocycles. The van der Waals surface area contributed by atoms with Gasteiger partial charge in [-0.3, -0.25) is 4.79 Å². The predicted molar refractivity (Wildman–Crippen MR) is 82.3 cm³/mol. The second kappa shape index (κ2) is 6.40. The zero-order valence-corrected chi connectivity index (χ0v) is 12.6. The van der Waals surface area contributed by atoms with Crippen LogP contribution in [0.5, 0.6) is 0 Å². The van der Waals surface area contributed by atoms with Gasteiger partial charge >= 0.3 is 0 Å². The number of amides is 1. The van der Waals surface area contributed by atoms with Crippen LogP contribution in [0, 0.1) is 5.41 Å². The minimum Gasteiger partial charge on any atom is -0.339 e. The van der Waals surface area contributed by atoms with Gasteiger partial charge in [-0.05, 0) is 38.2 Å². The molecular weight excluding hydrogens is 248 g/mol. The van der Waals surface area contributed by atoms with E-state index in [-0.39, 0.29) is 5.91 Å². The van der Waals surface area contributed by atoms with Gasteiger partial charge in [0.05, 0.1) is 5.41 Å². The summed E-state index contributed by atoms with van der Waals surface area (Å²) in [5.41, 5.74) is 6.74. The van der Waals surface area contributed by atoms with Crippen molar-refractivity contribution in [2.24, 2.45) is 11.1 Å². The zero-order chi connectivity index (χ0) is 14.6. The van der Waals surface area contributed by atoms with Crippen LogP contribution < -0.4 is 5.73 Å². The molecule has 1 fully saturated rings. The van der Waals surface area contributed by atoms with E-state index in [9.17, 15) is 4.79 Å². The molecule has 1 aliphatic rings. The van der Waals surface area contributed by atoms with Crippen LogP contribution in [0.3, 0.4) is 0 Å². The van der Waals surface area contributed by atoms with Gasteiger partial charge in [0.1, 0.15) is 0 Å². The van der Waals surface area contributed by atoms with Crippen molar-refractivity contribution in [2.45, 2.75) is 45.6 Å². The quantitative estimate of drug-likeness (QED) is 0.897. The van der Waals surface area contributed by atoms with Gasteiger partial charge in [-0.15, -0.1) is 0 Å². The smallest absolute Gasteiger partial charge is 0.230 e. The largest absolute Gasteiger partial charge is 0.339 e. The van der Waals surface area contributed by atoms with E-state index >= 15 is 0 Å². The van der Waals surface area contributed by atoms with Gasteiger partial charge in [-0.25, -0.2) is 0 Å². The Bertz CT molecular complexity index is 440. The monoisotopic (exact) mass is 274 g/mol. The van der Waals surface area contributed by atoms with Crippen molar-refractivity contribution >= 4 is 5.91 Å². The van der Waals surface area contributed by atoms with Gasteiger partial charge in [0.25, 0.3) is 0 Å². The fourth-order valence-electron chi connectivity index (χ4n) is 2.93. The van der Waals surface area contributed by atoms with Crippen molar-refractivity contribution in [3.63, 3.8) is 0 Å². The van der Waals surface area contributed by atoms with E-state index in [0.29, 0.717) is 12.6 Å². The van der Waals surface area contributed by atoms with Crippen LogP contribution in [-0.4, -0.2) is 29.9 Å². The van der Waals surface area contributed by atoms with E-state index in [1.165, 1.54) is 5.56 Å². The van der Waals surface area contributed by atoms with Crippen LogP contribution in [-0.2, 0) is 11.2 Å². The Morgan fingerprint density at radius 1 is 1.40 bits per heavy atom. The van der Waals surface area contributed by atoms with Gasteiger partial charge < -0.3 is 10.6 Å². The zero-order valence-electron chi connectivity index (χ0n) is 12.6. The molecule has 1 heterocycles. The third kappa shape index (κ3) is 3.04. The predicted octanol–water partition coefficient (Wildman–Crippen LogP) is 2.60. The van der Waals surface area contributed by atoms with Crippen molar-refractivity contribution < 1.29 is 4.79 Å². The number of nitrogens with zero attached hydrogens (tertiary/aromatic N) is 1. The fourth-order valence-corrected chi connectivity index (χ4v) is 2.93. The normalized spacial score (nSPS) is 21.8. The molecule has 0 bridgehead atoms. The first-order valence-electron chi connectivity index (χ1n) is 7.66. The minimum atomic E-state index is -0.403. The van der Waals surface area contributed by atoms with Crippen molar-refractivity contribution in [1.29, 1.82) is 0 Å². The number of carbonyl (C=O) groups is 1. The number of benzene rings is 1. The van der Waals surface area contributed by atoms with E-state index < -0.39 is 5.41 Å². The SMILES string of the molecule is CCC(C)(CN)C(=O)N1CCCC1Cc1ccccc1. The Labute approximate surface area is 122 Å². The molecule has 1 amide bonds. The number of likely N-dealkylation sites (tertiary alicyclic amines) is 1. The lowest BCUT2D eigenvalue weighted by molar-refractivity contribution is -0.141. The van der Waals surface area contributed by atoms with Crippen LogP contribution in [0.25, 0.3) is 0 Å². The summed E-state index contributed by atoms with van der Waals surface area (Å²) in [6.45, 7) is 5.35. The molecule has 2 unspecified atom stereocenters. The van der Waals surface area contributed by atoms with Crippen molar-refractivity contribution in [3.05, 3.63) is 35.9 Å². The standard InChI is InChI=1S/C17H26N2O/c1-3-17(2,13-18)16(20)19-11-7-10-15(19)12-14-8-5-4-6-9-14/h4-6,8-9,15H,3,7,10-13,18H2,1-2H3. The van der Waals surface area contributed by atoms with E-state index in [1.54, 1.807) is 0 Å². The highest BCUT2D eigenvalue weighted by Gasteiger charge is 2.38. The summed E-state index contributed by atoms with van der Waals surface area (Å²) in [7, 11) is 0. The highest BCUT2D eigenvalue weighted by Crippen LogP contribution is 2.29. The molecule has 1 aromatic carbocycles. The fraction of sp³-hybridized carbons (Fsp3) is 0.588. The molecule has 2 N–H and O–H groups in total. The lowest BCUT2D eigenvalue weighted by atomic mass is 9.85. The maximum absolute atomic E-state index is 12.8. The Hall–Kier alpha value is -1.35. The van der Waals surface area contributed by atoms with Gasteiger partial charge in [0.2, 0.25) is 5.91 Å². The molecule has 1 aliphatic heterocycles. The van der Waals surface area contributed by atoms with Crippen molar-refractivity contribution in [2.75, 3.05) is 13.1 Å². The van der Waals surface area contributed by atoms with Crippen molar-refractivity contribution in [3.8, 4) is 0 Å². The van der Waals surface area contributed by atoms with Crippen LogP contribution in [0.15, 0.2) is 30.3 Å². The number of nitrogens with two attached hydrogens (primary N) is 1. The molecule has 2 rings (SSSR count). The number of rotatable bonds is 5. The van der Waals surface area contributed by atoms with Gasteiger partial charge in [-0.1, -0.05) is 37.3 Å². The van der Waals surface area contributed by atoms with Crippen LogP contribution >= 0.6 is 0 Å². The van der Waals surface area contributed by atoms with Crippen LogP contribution in [0.4, 0.5) is 0 Å². The van der Waals surface area contributed by atoms with Gasteiger partial charge in [0.15, 0.2) is 0 Å². The molecule has 0 saturated carbocycles. The third-order valence-corrected chi connectivity index (χ3v) is 4.70. The molecule has 3 heteroatoms. The molecule has 20 heavy (non-hydrogen) atoms. The first-order valence-corrected chi connectivity index (χ1v) is 7.66. The van der Waals surface area contributed by atoms with Crippen LogP contribution in [0.1, 0.15) is 38.7 Å². The number of hydrogen-bond acceptors (Lipinski definition) is 2.